The van der Waals surface area contributed by atoms with Gasteiger partial charge in [0, 0.05) is 6.42 Å². The van der Waals surface area contributed by atoms with Gasteiger partial charge in [0.25, 0.3) is 0 Å². The molecule has 0 aromatic heterocycles. The van der Waals surface area contributed by atoms with Gasteiger partial charge in [0.15, 0.2) is 0 Å². The largest absolute Gasteiger partial charge is 0.481 e. The third-order valence-electron chi connectivity index (χ3n) is 5.18. The molecule has 6 nitrogen and oxygen atoms in total. The molecule has 2 atom stereocenters. The van der Waals surface area contributed by atoms with Gasteiger partial charge in [-0.15, -0.1) is 0 Å². The van der Waals surface area contributed by atoms with Gasteiger partial charge in [-0.3, -0.25) is 9.52 Å². The van der Waals surface area contributed by atoms with Crippen LogP contribution in [0.1, 0.15) is 44.1 Å². The first-order valence-electron chi connectivity index (χ1n) is 9.84. The second kappa shape index (κ2) is 9.54. The number of carboxylic acids is 1. The zero-order valence-electron chi connectivity index (χ0n) is 16.1. The van der Waals surface area contributed by atoms with Gasteiger partial charge >= 0.3 is 5.97 Å². The average molecular weight is 424 g/mol. The number of benzene rings is 1. The quantitative estimate of drug-likeness (QED) is 0.421. The summed E-state index contributed by atoms with van der Waals surface area (Å²) < 4.78 is 46.7. The molecule has 2 heterocycles. The number of allylic oxidation sites excluding steroid dienone is 2. The van der Waals surface area contributed by atoms with Gasteiger partial charge in [0.2, 0.25) is 10.0 Å². The van der Waals surface area contributed by atoms with E-state index in [4.69, 9.17) is 9.84 Å². The zero-order valence-corrected chi connectivity index (χ0v) is 17.0. The minimum Gasteiger partial charge on any atom is -0.481 e. The number of nitrogens with one attached hydrogen (secondary N) is 1. The van der Waals surface area contributed by atoms with E-state index in [2.05, 4.69) is 4.72 Å². The fraction of sp³-hybridized carbons (Fsp3) is 0.476. The Balaban J connectivity index is 1.59. The van der Waals surface area contributed by atoms with E-state index in [1.165, 1.54) is 12.1 Å². The molecule has 1 saturated heterocycles. The summed E-state index contributed by atoms with van der Waals surface area (Å²) in [6.45, 7) is 0. The lowest BCUT2D eigenvalue weighted by molar-refractivity contribution is -0.137. The average Bonchev–Trinajstić information content (AvgIpc) is 3.26. The van der Waals surface area contributed by atoms with Crippen LogP contribution in [0.5, 0.6) is 0 Å². The van der Waals surface area contributed by atoms with Crippen molar-refractivity contribution in [1.29, 1.82) is 0 Å². The number of unbranched alkanes of at least 4 members (excludes halogenated alkanes) is 1. The number of fused-ring (bicyclic) bond motifs is 2. The fourth-order valence-electron chi connectivity index (χ4n) is 3.68. The van der Waals surface area contributed by atoms with Crippen LogP contribution in [0.3, 0.4) is 0 Å². The van der Waals surface area contributed by atoms with Crippen molar-refractivity contribution in [2.45, 2.75) is 57.2 Å². The Bertz CT molecular complexity index is 892. The van der Waals surface area contributed by atoms with Crippen LogP contribution in [0.4, 0.5) is 4.39 Å². The monoisotopic (exact) mass is 423 g/mol. The molecule has 0 aliphatic carbocycles. The highest BCUT2D eigenvalue weighted by Gasteiger charge is 2.41. The predicted molar refractivity (Wildman–Crippen MR) is 107 cm³/mol. The smallest absolute Gasteiger partial charge is 0.303 e. The Labute approximate surface area is 170 Å². The van der Waals surface area contributed by atoms with Crippen LogP contribution in [0.2, 0.25) is 0 Å². The predicted octanol–water partition coefficient (Wildman–Crippen LogP) is 3.30. The number of carboxylic acid groups (broad SMARTS) is 1. The van der Waals surface area contributed by atoms with Crippen LogP contribution in [0, 0.1) is 5.82 Å². The SMILES string of the molecule is O=C(O)CCCC=CCC1=C(NS(=O)(=O)CCc2ccc(F)cc2)C2CCC1O2. The number of rotatable bonds is 11. The number of aliphatic carboxylic acids is 1. The molecule has 3 rings (SSSR count). The molecule has 2 N–H and O–H groups in total. The van der Waals surface area contributed by atoms with E-state index >= 15 is 0 Å². The van der Waals surface area contributed by atoms with Gasteiger partial charge in [-0.05, 0) is 61.8 Å². The fourth-order valence-corrected chi connectivity index (χ4v) is 4.88. The van der Waals surface area contributed by atoms with Crippen molar-refractivity contribution in [3.8, 4) is 0 Å². The number of halogens is 1. The molecule has 2 aliphatic heterocycles. The second-order valence-electron chi connectivity index (χ2n) is 7.39. The summed E-state index contributed by atoms with van der Waals surface area (Å²) in [4.78, 5) is 10.5. The lowest BCUT2D eigenvalue weighted by Crippen LogP contribution is -2.32. The van der Waals surface area contributed by atoms with Crippen molar-refractivity contribution in [2.75, 3.05) is 5.75 Å². The summed E-state index contributed by atoms with van der Waals surface area (Å²) in [6, 6.07) is 5.82. The van der Waals surface area contributed by atoms with Crippen LogP contribution in [-0.2, 0) is 26.0 Å². The Morgan fingerprint density at radius 1 is 1.21 bits per heavy atom. The summed E-state index contributed by atoms with van der Waals surface area (Å²) in [5.41, 5.74) is 2.37. The van der Waals surface area contributed by atoms with Crippen molar-refractivity contribution < 1.29 is 27.4 Å². The molecule has 1 aromatic carbocycles. The molecule has 2 unspecified atom stereocenters. The molecule has 158 valence electrons. The molecule has 0 saturated carbocycles. The summed E-state index contributed by atoms with van der Waals surface area (Å²) >= 11 is 0. The Morgan fingerprint density at radius 2 is 1.93 bits per heavy atom. The first-order chi connectivity index (χ1) is 13.8. The number of hydrogen-bond acceptors (Lipinski definition) is 4. The summed E-state index contributed by atoms with van der Waals surface area (Å²) in [5, 5.41) is 8.66. The van der Waals surface area contributed by atoms with Gasteiger partial charge in [0.05, 0.1) is 23.7 Å². The van der Waals surface area contributed by atoms with Crippen molar-refractivity contribution in [3.05, 3.63) is 59.1 Å². The van der Waals surface area contributed by atoms with Gasteiger partial charge in [-0.1, -0.05) is 24.3 Å². The van der Waals surface area contributed by atoms with Gasteiger partial charge in [-0.2, -0.15) is 0 Å². The van der Waals surface area contributed by atoms with E-state index < -0.39 is 16.0 Å². The lowest BCUT2D eigenvalue weighted by Gasteiger charge is -2.18. The third-order valence-corrected chi connectivity index (χ3v) is 6.45. The zero-order chi connectivity index (χ0) is 20.9. The maximum atomic E-state index is 13.0. The molecule has 0 amide bonds. The second-order valence-corrected chi connectivity index (χ2v) is 9.23. The van der Waals surface area contributed by atoms with Crippen LogP contribution in [0.15, 0.2) is 47.7 Å². The summed E-state index contributed by atoms with van der Waals surface area (Å²) in [5.74, 6) is -1.24. The third kappa shape index (κ3) is 6.14. The molecule has 29 heavy (non-hydrogen) atoms. The highest BCUT2D eigenvalue weighted by molar-refractivity contribution is 7.89. The molecule has 2 bridgehead atoms. The minimum absolute atomic E-state index is 0.0570. The number of sulfonamides is 1. The van der Waals surface area contributed by atoms with Crippen molar-refractivity contribution in [3.63, 3.8) is 0 Å². The Hall–Kier alpha value is -2.19. The summed E-state index contributed by atoms with van der Waals surface area (Å²) in [7, 11) is -3.55. The molecule has 2 aliphatic rings. The van der Waals surface area contributed by atoms with Crippen LogP contribution < -0.4 is 4.72 Å². The molecular formula is C21H26FNO5S. The lowest BCUT2D eigenvalue weighted by atomic mass is 9.94. The molecule has 0 radical (unpaired) electrons. The van der Waals surface area contributed by atoms with E-state index in [0.29, 0.717) is 31.4 Å². The first kappa shape index (κ1) is 21.5. The van der Waals surface area contributed by atoms with Crippen LogP contribution in [0.25, 0.3) is 0 Å². The Morgan fingerprint density at radius 3 is 2.66 bits per heavy atom. The molecule has 0 spiro atoms. The maximum Gasteiger partial charge on any atom is 0.303 e. The minimum atomic E-state index is -3.55. The van der Waals surface area contributed by atoms with Crippen molar-refractivity contribution >= 4 is 16.0 Å². The van der Waals surface area contributed by atoms with Crippen LogP contribution >= 0.6 is 0 Å². The molecule has 1 fully saturated rings. The molecule has 8 heteroatoms. The van der Waals surface area contributed by atoms with Gasteiger partial charge in [-0.25, -0.2) is 12.8 Å². The Kier molecular flexibility index (Phi) is 7.08. The number of aryl methyl sites for hydroxylation is 1. The van der Waals surface area contributed by atoms with Crippen molar-refractivity contribution in [1.82, 2.24) is 4.72 Å². The van der Waals surface area contributed by atoms with Gasteiger partial charge in [0.1, 0.15) is 5.82 Å². The highest BCUT2D eigenvalue weighted by Crippen LogP contribution is 2.40. The van der Waals surface area contributed by atoms with E-state index in [1.807, 2.05) is 12.2 Å². The van der Waals surface area contributed by atoms with Crippen LogP contribution in [-0.4, -0.2) is 37.5 Å². The highest BCUT2D eigenvalue weighted by atomic mass is 32.2. The summed E-state index contributed by atoms with van der Waals surface area (Å²) in [6.07, 6.45) is 7.58. The normalized spacial score (nSPS) is 21.3. The standard InChI is InChI=1S/C21H26FNO5S/c22-16-9-7-15(8-10-16)13-14-29(26,27)23-21-17(18-11-12-19(21)28-18)5-3-1-2-4-6-20(24)25/h1,3,7-10,18-19,23H,2,4-6,11-14H2,(H,24,25). The van der Waals surface area contributed by atoms with E-state index in [0.717, 1.165) is 24.0 Å². The topological polar surface area (TPSA) is 92.7 Å². The maximum absolute atomic E-state index is 13.0. The molecular weight excluding hydrogens is 397 g/mol. The number of ether oxygens (including phenoxy) is 1. The van der Waals surface area contributed by atoms with Gasteiger partial charge < -0.3 is 9.84 Å². The molecule has 1 aromatic rings. The first-order valence-corrected chi connectivity index (χ1v) is 11.5. The number of carbonyl (C=O) groups is 1. The van der Waals surface area contributed by atoms with Crippen molar-refractivity contribution in [2.24, 2.45) is 0 Å². The van der Waals surface area contributed by atoms with E-state index in [-0.39, 0.29) is 30.2 Å². The number of hydrogen-bond donors (Lipinski definition) is 2. The van der Waals surface area contributed by atoms with E-state index in [9.17, 15) is 17.6 Å². The van der Waals surface area contributed by atoms with E-state index in [1.54, 1.807) is 12.1 Å².